The number of likely N-dealkylation sites (N-methyl/N-ethyl adjacent to an activating group) is 1. The molecule has 21 heavy (non-hydrogen) atoms. The van der Waals surface area contributed by atoms with Gasteiger partial charge in [0.15, 0.2) is 0 Å². The van der Waals surface area contributed by atoms with Crippen LogP contribution in [0.25, 0.3) is 0 Å². The molecular formula is C19H24FN. The van der Waals surface area contributed by atoms with Crippen molar-refractivity contribution in [3.8, 4) is 0 Å². The lowest BCUT2D eigenvalue weighted by Crippen LogP contribution is -2.24. The summed E-state index contributed by atoms with van der Waals surface area (Å²) in [6, 6.07) is 11.8. The predicted octanol–water partition coefficient (Wildman–Crippen LogP) is 4.64. The Morgan fingerprint density at radius 1 is 1.00 bits per heavy atom. The van der Waals surface area contributed by atoms with Crippen molar-refractivity contribution in [3.63, 3.8) is 0 Å². The predicted molar refractivity (Wildman–Crippen MR) is 87.2 cm³/mol. The van der Waals surface area contributed by atoms with Crippen molar-refractivity contribution in [3.05, 3.63) is 70.0 Å². The summed E-state index contributed by atoms with van der Waals surface area (Å²) in [5.41, 5.74) is 6.03. The molecule has 1 atom stereocenters. The molecule has 112 valence electrons. The molecule has 0 aromatic heterocycles. The number of hydrogen-bond acceptors (Lipinski definition) is 1. The van der Waals surface area contributed by atoms with E-state index in [4.69, 9.17) is 0 Å². The summed E-state index contributed by atoms with van der Waals surface area (Å²) in [4.78, 5) is 0. The molecule has 2 heteroatoms. The Balaban J connectivity index is 2.32. The van der Waals surface area contributed by atoms with Gasteiger partial charge in [-0.2, -0.15) is 0 Å². The van der Waals surface area contributed by atoms with Gasteiger partial charge in [-0.1, -0.05) is 42.3 Å². The van der Waals surface area contributed by atoms with E-state index >= 15 is 0 Å². The summed E-state index contributed by atoms with van der Waals surface area (Å²) in [6.45, 7) is 9.23. The normalized spacial score (nSPS) is 12.4. The first-order valence-electron chi connectivity index (χ1n) is 7.56. The van der Waals surface area contributed by atoms with Crippen molar-refractivity contribution in [2.75, 3.05) is 6.54 Å². The Kier molecular flexibility index (Phi) is 5.13. The van der Waals surface area contributed by atoms with Gasteiger partial charge in [-0.3, -0.25) is 0 Å². The Bertz CT molecular complexity index is 599. The number of aryl methyl sites for hydroxylation is 3. The molecule has 2 aromatic carbocycles. The lowest BCUT2D eigenvalue weighted by molar-refractivity contribution is 0.540. The van der Waals surface area contributed by atoms with E-state index < -0.39 is 0 Å². The van der Waals surface area contributed by atoms with Gasteiger partial charge in [0, 0.05) is 6.04 Å². The van der Waals surface area contributed by atoms with E-state index in [1.54, 1.807) is 6.07 Å². The fourth-order valence-corrected chi connectivity index (χ4v) is 2.95. The average molecular weight is 285 g/mol. The van der Waals surface area contributed by atoms with Gasteiger partial charge in [0.25, 0.3) is 0 Å². The van der Waals surface area contributed by atoms with Gasteiger partial charge in [0.2, 0.25) is 0 Å². The number of nitrogens with one attached hydrogen (secondary N) is 1. The Labute approximate surface area is 127 Å². The lowest BCUT2D eigenvalue weighted by Gasteiger charge is -2.21. The molecule has 0 heterocycles. The molecule has 0 spiro atoms. The summed E-state index contributed by atoms with van der Waals surface area (Å²) >= 11 is 0. The van der Waals surface area contributed by atoms with E-state index in [2.05, 4.69) is 44.3 Å². The smallest absolute Gasteiger partial charge is 0.123 e. The molecule has 0 saturated carbocycles. The largest absolute Gasteiger partial charge is 0.310 e. The molecule has 1 N–H and O–H groups in total. The maximum atomic E-state index is 13.6. The average Bonchev–Trinajstić information content (AvgIpc) is 2.40. The molecule has 0 saturated heterocycles. The Hall–Kier alpha value is -1.67. The van der Waals surface area contributed by atoms with E-state index in [1.807, 2.05) is 13.0 Å². The second kappa shape index (κ2) is 6.86. The van der Waals surface area contributed by atoms with Crippen LogP contribution >= 0.6 is 0 Å². The summed E-state index contributed by atoms with van der Waals surface area (Å²) in [6.07, 6.45) is 0.876. The van der Waals surface area contributed by atoms with E-state index in [-0.39, 0.29) is 11.9 Å². The van der Waals surface area contributed by atoms with E-state index in [0.717, 1.165) is 24.1 Å². The van der Waals surface area contributed by atoms with Gasteiger partial charge in [-0.25, -0.2) is 4.39 Å². The van der Waals surface area contributed by atoms with Crippen LogP contribution in [0.4, 0.5) is 4.39 Å². The Morgan fingerprint density at radius 2 is 1.67 bits per heavy atom. The zero-order valence-corrected chi connectivity index (χ0v) is 13.3. The standard InChI is InChI=1S/C19H24FN/c1-5-21-19(18-12-17(20)7-6-15(18)4)11-16-9-13(2)8-14(3)10-16/h6-10,12,19,21H,5,11H2,1-4H3. The molecule has 0 aliphatic carbocycles. The van der Waals surface area contributed by atoms with E-state index in [9.17, 15) is 4.39 Å². The van der Waals surface area contributed by atoms with Crippen LogP contribution in [0.15, 0.2) is 36.4 Å². The highest BCUT2D eigenvalue weighted by atomic mass is 19.1. The van der Waals surface area contributed by atoms with Gasteiger partial charge < -0.3 is 5.32 Å². The molecule has 2 aromatic rings. The summed E-state index contributed by atoms with van der Waals surface area (Å²) < 4.78 is 13.6. The van der Waals surface area contributed by atoms with Gasteiger partial charge in [-0.05, 0) is 62.6 Å². The maximum Gasteiger partial charge on any atom is 0.123 e. The topological polar surface area (TPSA) is 12.0 Å². The van der Waals surface area contributed by atoms with Crippen LogP contribution in [0.5, 0.6) is 0 Å². The monoisotopic (exact) mass is 285 g/mol. The van der Waals surface area contributed by atoms with Crippen LogP contribution in [0.1, 0.15) is 40.8 Å². The van der Waals surface area contributed by atoms with Crippen LogP contribution < -0.4 is 5.32 Å². The molecule has 0 bridgehead atoms. The molecule has 1 unspecified atom stereocenters. The van der Waals surface area contributed by atoms with Gasteiger partial charge in [0.05, 0.1) is 0 Å². The Morgan fingerprint density at radius 3 is 2.29 bits per heavy atom. The van der Waals surface area contributed by atoms with E-state index in [1.165, 1.54) is 22.8 Å². The third-order valence-corrected chi connectivity index (χ3v) is 3.79. The van der Waals surface area contributed by atoms with Crippen LogP contribution in [0, 0.1) is 26.6 Å². The molecule has 0 aliphatic rings. The van der Waals surface area contributed by atoms with Crippen LogP contribution in [-0.2, 0) is 6.42 Å². The SMILES string of the molecule is CCNC(Cc1cc(C)cc(C)c1)c1cc(F)ccc1C. The fraction of sp³-hybridized carbons (Fsp3) is 0.368. The molecule has 0 radical (unpaired) electrons. The summed E-state index contributed by atoms with van der Waals surface area (Å²) in [5.74, 6) is -0.168. The first kappa shape index (κ1) is 15.7. The van der Waals surface area contributed by atoms with Crippen LogP contribution in [-0.4, -0.2) is 6.54 Å². The van der Waals surface area contributed by atoms with Crippen molar-refractivity contribution in [2.45, 2.75) is 40.2 Å². The first-order valence-corrected chi connectivity index (χ1v) is 7.56. The van der Waals surface area contributed by atoms with Gasteiger partial charge in [-0.15, -0.1) is 0 Å². The van der Waals surface area contributed by atoms with Crippen molar-refractivity contribution in [1.82, 2.24) is 5.32 Å². The van der Waals surface area contributed by atoms with Crippen molar-refractivity contribution in [1.29, 1.82) is 0 Å². The summed E-state index contributed by atoms with van der Waals surface area (Å²) in [5, 5.41) is 3.49. The number of benzene rings is 2. The lowest BCUT2D eigenvalue weighted by atomic mass is 9.93. The van der Waals surface area contributed by atoms with Crippen molar-refractivity contribution >= 4 is 0 Å². The minimum absolute atomic E-state index is 0.145. The highest BCUT2D eigenvalue weighted by Crippen LogP contribution is 2.24. The van der Waals surface area contributed by atoms with Crippen LogP contribution in [0.3, 0.4) is 0 Å². The zero-order valence-electron chi connectivity index (χ0n) is 13.3. The number of hydrogen-bond donors (Lipinski definition) is 1. The quantitative estimate of drug-likeness (QED) is 0.843. The fourth-order valence-electron chi connectivity index (χ4n) is 2.95. The van der Waals surface area contributed by atoms with Crippen molar-refractivity contribution < 1.29 is 4.39 Å². The second-order valence-electron chi connectivity index (χ2n) is 5.81. The van der Waals surface area contributed by atoms with Gasteiger partial charge >= 0.3 is 0 Å². The molecule has 0 amide bonds. The zero-order chi connectivity index (χ0) is 15.4. The molecular weight excluding hydrogens is 261 g/mol. The molecule has 0 aliphatic heterocycles. The highest BCUT2D eigenvalue weighted by Gasteiger charge is 2.14. The van der Waals surface area contributed by atoms with Crippen molar-refractivity contribution in [2.24, 2.45) is 0 Å². The minimum atomic E-state index is -0.168. The minimum Gasteiger partial charge on any atom is -0.310 e. The third kappa shape index (κ3) is 4.15. The molecule has 2 rings (SSSR count). The summed E-state index contributed by atoms with van der Waals surface area (Å²) in [7, 11) is 0. The molecule has 0 fully saturated rings. The first-order chi connectivity index (χ1) is 9.99. The number of rotatable bonds is 5. The van der Waals surface area contributed by atoms with Crippen LogP contribution in [0.2, 0.25) is 0 Å². The second-order valence-corrected chi connectivity index (χ2v) is 5.81. The highest BCUT2D eigenvalue weighted by molar-refractivity contribution is 5.34. The number of halogens is 1. The van der Waals surface area contributed by atoms with Gasteiger partial charge in [0.1, 0.15) is 5.82 Å². The van der Waals surface area contributed by atoms with E-state index in [0.29, 0.717) is 0 Å². The maximum absolute atomic E-state index is 13.6. The molecule has 1 nitrogen and oxygen atoms in total. The third-order valence-electron chi connectivity index (χ3n) is 3.79.